The van der Waals surface area contributed by atoms with Gasteiger partial charge in [0, 0.05) is 11.9 Å². The molecule has 0 aliphatic rings. The van der Waals surface area contributed by atoms with E-state index in [-0.39, 0.29) is 11.5 Å². The zero-order valence-electron chi connectivity index (χ0n) is 11.1. The summed E-state index contributed by atoms with van der Waals surface area (Å²) in [7, 11) is 0. The summed E-state index contributed by atoms with van der Waals surface area (Å²) in [6.45, 7) is 3.61. The first-order valence-corrected chi connectivity index (χ1v) is 6.34. The molecule has 0 unspecified atom stereocenters. The molecule has 1 aromatic heterocycles. The molecule has 0 fully saturated rings. The summed E-state index contributed by atoms with van der Waals surface area (Å²) >= 11 is 6.03. The van der Waals surface area contributed by atoms with Crippen molar-refractivity contribution in [3.8, 4) is 6.07 Å². The summed E-state index contributed by atoms with van der Waals surface area (Å²) in [5.41, 5.74) is 2.73. The summed E-state index contributed by atoms with van der Waals surface area (Å²) in [5.74, 6) is -0.385. The van der Waals surface area contributed by atoms with Crippen molar-refractivity contribution in [2.24, 2.45) is 0 Å². The van der Waals surface area contributed by atoms with Gasteiger partial charge in [-0.3, -0.25) is 9.78 Å². The third kappa shape index (κ3) is 2.79. The number of aryl methyl sites for hydroxylation is 2. The molecular formula is C15H12ClN3O. The van der Waals surface area contributed by atoms with Gasteiger partial charge in [0.15, 0.2) is 0 Å². The molecule has 2 rings (SSSR count). The Morgan fingerprint density at radius 3 is 2.80 bits per heavy atom. The molecule has 0 aliphatic heterocycles. The van der Waals surface area contributed by atoms with E-state index >= 15 is 0 Å². The average molecular weight is 286 g/mol. The molecule has 1 N–H and O–H groups in total. The Kier molecular flexibility index (Phi) is 4.02. The lowest BCUT2D eigenvalue weighted by atomic mass is 10.1. The molecular weight excluding hydrogens is 274 g/mol. The number of anilines is 1. The maximum absolute atomic E-state index is 12.2. The number of rotatable bonds is 2. The second-order valence-electron chi connectivity index (χ2n) is 4.37. The number of hydrogen-bond acceptors (Lipinski definition) is 3. The van der Waals surface area contributed by atoms with Crippen LogP contribution in [0.25, 0.3) is 0 Å². The van der Waals surface area contributed by atoms with Gasteiger partial charge in [0.05, 0.1) is 21.8 Å². The van der Waals surface area contributed by atoms with Crippen LogP contribution in [0.2, 0.25) is 5.02 Å². The maximum Gasteiger partial charge on any atom is 0.258 e. The number of halogens is 1. The van der Waals surface area contributed by atoms with E-state index in [0.717, 1.165) is 11.3 Å². The molecule has 4 nitrogen and oxygen atoms in total. The molecule has 0 atom stereocenters. The molecule has 0 saturated heterocycles. The number of hydrogen-bond donors (Lipinski definition) is 1. The third-order valence-electron chi connectivity index (χ3n) is 2.87. The number of nitrogens with one attached hydrogen (secondary N) is 1. The molecule has 2 aromatic rings. The largest absolute Gasteiger partial charge is 0.321 e. The van der Waals surface area contributed by atoms with Crippen molar-refractivity contribution in [2.75, 3.05) is 5.32 Å². The molecule has 0 radical (unpaired) electrons. The minimum atomic E-state index is -0.385. The van der Waals surface area contributed by atoms with Crippen LogP contribution in [0.15, 0.2) is 30.5 Å². The summed E-state index contributed by atoms with van der Waals surface area (Å²) in [5, 5.41) is 12.2. The Bertz CT molecular complexity index is 720. The van der Waals surface area contributed by atoms with Crippen molar-refractivity contribution in [3.63, 3.8) is 0 Å². The van der Waals surface area contributed by atoms with Crippen molar-refractivity contribution in [2.45, 2.75) is 13.8 Å². The fourth-order valence-corrected chi connectivity index (χ4v) is 2.10. The Balaban J connectivity index is 2.33. The van der Waals surface area contributed by atoms with E-state index < -0.39 is 0 Å². The fraction of sp³-hybridized carbons (Fsp3) is 0.133. The van der Waals surface area contributed by atoms with Gasteiger partial charge in [-0.15, -0.1) is 0 Å². The topological polar surface area (TPSA) is 65.8 Å². The highest BCUT2D eigenvalue weighted by atomic mass is 35.5. The van der Waals surface area contributed by atoms with Crippen LogP contribution in [-0.4, -0.2) is 10.9 Å². The molecule has 0 aliphatic carbocycles. The first-order chi connectivity index (χ1) is 9.52. The second kappa shape index (κ2) is 5.72. The van der Waals surface area contributed by atoms with Gasteiger partial charge in [-0.25, -0.2) is 0 Å². The number of amides is 1. The third-order valence-corrected chi connectivity index (χ3v) is 3.18. The van der Waals surface area contributed by atoms with Gasteiger partial charge in [-0.05, 0) is 31.5 Å². The molecule has 100 valence electrons. The van der Waals surface area contributed by atoms with Gasteiger partial charge in [-0.2, -0.15) is 5.26 Å². The SMILES string of the molecule is Cc1cc(Cl)c(C(=O)Nc2cccc(C)c2C#N)cn1. The summed E-state index contributed by atoms with van der Waals surface area (Å²) < 4.78 is 0. The monoisotopic (exact) mass is 285 g/mol. The quantitative estimate of drug-likeness (QED) is 0.918. The van der Waals surface area contributed by atoms with E-state index in [1.165, 1.54) is 6.20 Å². The van der Waals surface area contributed by atoms with E-state index in [2.05, 4.69) is 16.4 Å². The Labute approximate surface area is 122 Å². The van der Waals surface area contributed by atoms with Crippen LogP contribution < -0.4 is 5.32 Å². The summed E-state index contributed by atoms with van der Waals surface area (Å²) in [6.07, 6.45) is 1.43. The van der Waals surface area contributed by atoms with Crippen molar-refractivity contribution in [1.29, 1.82) is 5.26 Å². The number of carbonyl (C=O) groups excluding carboxylic acids is 1. The van der Waals surface area contributed by atoms with Crippen LogP contribution >= 0.6 is 11.6 Å². The number of pyridine rings is 1. The first-order valence-electron chi connectivity index (χ1n) is 5.96. The maximum atomic E-state index is 12.2. The van der Waals surface area contributed by atoms with Crippen LogP contribution in [0.4, 0.5) is 5.69 Å². The average Bonchev–Trinajstić information content (AvgIpc) is 2.38. The second-order valence-corrected chi connectivity index (χ2v) is 4.78. The number of aromatic nitrogens is 1. The smallest absolute Gasteiger partial charge is 0.258 e. The van der Waals surface area contributed by atoms with E-state index in [9.17, 15) is 4.79 Å². The van der Waals surface area contributed by atoms with Crippen molar-refractivity contribution in [3.05, 3.63) is 57.9 Å². The van der Waals surface area contributed by atoms with Gasteiger partial charge >= 0.3 is 0 Å². The molecule has 0 spiro atoms. The normalized spacial score (nSPS) is 9.90. The highest BCUT2D eigenvalue weighted by Gasteiger charge is 2.14. The van der Waals surface area contributed by atoms with Crippen LogP contribution in [0.5, 0.6) is 0 Å². The molecule has 1 aromatic carbocycles. The minimum Gasteiger partial charge on any atom is -0.321 e. The number of carbonyl (C=O) groups is 1. The number of benzene rings is 1. The van der Waals surface area contributed by atoms with Crippen LogP contribution in [0.3, 0.4) is 0 Å². The van der Waals surface area contributed by atoms with Crippen LogP contribution in [0, 0.1) is 25.2 Å². The van der Waals surface area contributed by atoms with Gasteiger partial charge in [0.25, 0.3) is 5.91 Å². The molecule has 0 bridgehead atoms. The minimum absolute atomic E-state index is 0.280. The van der Waals surface area contributed by atoms with Crippen molar-refractivity contribution >= 4 is 23.2 Å². The van der Waals surface area contributed by atoms with Crippen molar-refractivity contribution in [1.82, 2.24) is 4.98 Å². The first kappa shape index (κ1) is 14.0. The summed E-state index contributed by atoms with van der Waals surface area (Å²) in [4.78, 5) is 16.2. The number of nitrogens with zero attached hydrogens (tertiary/aromatic N) is 2. The zero-order chi connectivity index (χ0) is 14.7. The molecule has 1 amide bonds. The fourth-order valence-electron chi connectivity index (χ4n) is 1.80. The van der Waals surface area contributed by atoms with Crippen LogP contribution in [0.1, 0.15) is 27.2 Å². The molecule has 1 heterocycles. The Hall–Kier alpha value is -2.38. The highest BCUT2D eigenvalue weighted by Crippen LogP contribution is 2.21. The molecule has 20 heavy (non-hydrogen) atoms. The van der Waals surface area contributed by atoms with Gasteiger partial charge in [-0.1, -0.05) is 23.7 Å². The van der Waals surface area contributed by atoms with Gasteiger partial charge in [0.2, 0.25) is 0 Å². The molecule has 5 heteroatoms. The summed E-state index contributed by atoms with van der Waals surface area (Å²) in [6, 6.07) is 8.98. The lowest BCUT2D eigenvalue weighted by molar-refractivity contribution is 0.102. The van der Waals surface area contributed by atoms with Gasteiger partial charge in [0.1, 0.15) is 6.07 Å². The lowest BCUT2D eigenvalue weighted by Gasteiger charge is -2.09. The Morgan fingerprint density at radius 2 is 2.15 bits per heavy atom. The van der Waals surface area contributed by atoms with E-state index in [1.807, 2.05) is 13.0 Å². The predicted molar refractivity (Wildman–Crippen MR) is 77.8 cm³/mol. The molecule has 0 saturated carbocycles. The number of nitriles is 1. The van der Waals surface area contributed by atoms with E-state index in [1.54, 1.807) is 25.1 Å². The van der Waals surface area contributed by atoms with E-state index in [4.69, 9.17) is 16.9 Å². The van der Waals surface area contributed by atoms with E-state index in [0.29, 0.717) is 16.3 Å². The van der Waals surface area contributed by atoms with Gasteiger partial charge < -0.3 is 5.32 Å². The predicted octanol–water partition coefficient (Wildman–Crippen LogP) is 3.48. The Morgan fingerprint density at radius 1 is 1.40 bits per heavy atom. The van der Waals surface area contributed by atoms with Crippen LogP contribution in [-0.2, 0) is 0 Å². The lowest BCUT2D eigenvalue weighted by Crippen LogP contribution is -2.14. The zero-order valence-corrected chi connectivity index (χ0v) is 11.8. The van der Waals surface area contributed by atoms with Crippen molar-refractivity contribution < 1.29 is 4.79 Å². The highest BCUT2D eigenvalue weighted by molar-refractivity contribution is 6.34. The standard InChI is InChI=1S/C15H12ClN3O/c1-9-4-3-5-14(11(9)7-17)19-15(20)12-8-18-10(2)6-13(12)16/h3-6,8H,1-2H3,(H,19,20).